The van der Waals surface area contributed by atoms with Gasteiger partial charge in [-0.15, -0.1) is 0 Å². The Kier molecular flexibility index (Phi) is 3.78. The van der Waals surface area contributed by atoms with Gasteiger partial charge in [-0.25, -0.2) is 0 Å². The van der Waals surface area contributed by atoms with Crippen LogP contribution in [0.3, 0.4) is 0 Å². The Balaban J connectivity index is 2.02. The van der Waals surface area contributed by atoms with Crippen LogP contribution in [0.15, 0.2) is 48.5 Å². The number of amides is 1. The van der Waals surface area contributed by atoms with E-state index in [2.05, 4.69) is 41.6 Å². The lowest BCUT2D eigenvalue weighted by molar-refractivity contribution is 0.0980. The van der Waals surface area contributed by atoms with E-state index >= 15 is 0 Å². The summed E-state index contributed by atoms with van der Waals surface area (Å²) in [7, 11) is 0. The van der Waals surface area contributed by atoms with Gasteiger partial charge in [0, 0.05) is 15.8 Å². The molecule has 1 heterocycles. The Hall–Kier alpha value is -1.36. The average Bonchev–Trinajstić information content (AvgIpc) is 2.46. The van der Waals surface area contributed by atoms with Gasteiger partial charge < -0.3 is 4.90 Å². The van der Waals surface area contributed by atoms with Crippen molar-refractivity contribution in [2.45, 2.75) is 13.3 Å². The van der Waals surface area contributed by atoms with Gasteiger partial charge in [0.1, 0.15) is 0 Å². The Morgan fingerprint density at radius 2 is 1.85 bits per heavy atom. The van der Waals surface area contributed by atoms with Crippen molar-refractivity contribution >= 4 is 34.2 Å². The number of hydrogen-bond acceptors (Lipinski definition) is 1. The van der Waals surface area contributed by atoms with E-state index in [1.165, 1.54) is 5.56 Å². The Labute approximate surface area is 132 Å². The van der Waals surface area contributed by atoms with Gasteiger partial charge >= 0.3 is 0 Å². The first kappa shape index (κ1) is 13.6. The fourth-order valence-corrected chi connectivity index (χ4v) is 3.39. The van der Waals surface area contributed by atoms with Crippen LogP contribution < -0.4 is 4.90 Å². The maximum atomic E-state index is 12.8. The van der Waals surface area contributed by atoms with Crippen LogP contribution in [0.25, 0.3) is 0 Å². The number of hydrogen-bond donors (Lipinski definition) is 0. The summed E-state index contributed by atoms with van der Waals surface area (Å²) in [5, 5.41) is 0. The van der Waals surface area contributed by atoms with Gasteiger partial charge in [-0.1, -0.05) is 37.3 Å². The van der Waals surface area contributed by atoms with E-state index in [9.17, 15) is 4.79 Å². The minimum atomic E-state index is 0.106. The molecule has 20 heavy (non-hydrogen) atoms. The highest BCUT2D eigenvalue weighted by atomic mass is 127. The highest BCUT2D eigenvalue weighted by molar-refractivity contribution is 14.1. The molecular weight excluding hydrogens is 361 g/mol. The molecule has 0 fully saturated rings. The normalized spacial score (nSPS) is 17.7. The quantitative estimate of drug-likeness (QED) is 0.685. The van der Waals surface area contributed by atoms with Gasteiger partial charge in [0.25, 0.3) is 5.91 Å². The summed E-state index contributed by atoms with van der Waals surface area (Å²) in [5.74, 6) is 0.601. The van der Waals surface area contributed by atoms with Crippen LogP contribution in [0.2, 0.25) is 0 Å². The van der Waals surface area contributed by atoms with Gasteiger partial charge in [0.05, 0.1) is 5.56 Å². The van der Waals surface area contributed by atoms with Crippen molar-refractivity contribution in [3.05, 3.63) is 63.2 Å². The van der Waals surface area contributed by atoms with E-state index in [0.29, 0.717) is 5.92 Å². The standard InChI is InChI=1S/C17H16INO/c1-12-10-13-6-2-5-9-16(13)19(11-12)17(20)14-7-3-4-8-15(14)18/h2-9,12H,10-11H2,1H3. The van der Waals surface area contributed by atoms with E-state index in [1.54, 1.807) is 0 Å². The Morgan fingerprint density at radius 3 is 2.65 bits per heavy atom. The average molecular weight is 377 g/mol. The molecule has 2 aromatic carbocycles. The van der Waals surface area contributed by atoms with Crippen molar-refractivity contribution in [1.29, 1.82) is 0 Å². The van der Waals surface area contributed by atoms with Crippen LogP contribution in [0.5, 0.6) is 0 Å². The highest BCUT2D eigenvalue weighted by Gasteiger charge is 2.27. The lowest BCUT2D eigenvalue weighted by atomic mass is 9.93. The van der Waals surface area contributed by atoms with Gasteiger partial charge in [-0.05, 0) is 58.7 Å². The summed E-state index contributed by atoms with van der Waals surface area (Å²) in [6, 6.07) is 16.0. The van der Waals surface area contributed by atoms with E-state index in [-0.39, 0.29) is 5.91 Å². The smallest absolute Gasteiger partial charge is 0.259 e. The van der Waals surface area contributed by atoms with Crippen LogP contribution in [0, 0.1) is 9.49 Å². The van der Waals surface area contributed by atoms with Crippen molar-refractivity contribution in [1.82, 2.24) is 0 Å². The monoisotopic (exact) mass is 377 g/mol. The Bertz CT molecular complexity index is 653. The summed E-state index contributed by atoms with van der Waals surface area (Å²) in [4.78, 5) is 14.8. The van der Waals surface area contributed by atoms with Crippen LogP contribution in [0.1, 0.15) is 22.8 Å². The van der Waals surface area contributed by atoms with Crippen molar-refractivity contribution < 1.29 is 4.79 Å². The number of para-hydroxylation sites is 1. The molecule has 1 atom stereocenters. The number of carbonyl (C=O) groups excluding carboxylic acids is 1. The molecule has 1 unspecified atom stereocenters. The molecule has 0 N–H and O–H groups in total. The van der Waals surface area contributed by atoms with E-state index in [4.69, 9.17) is 0 Å². The predicted octanol–water partition coefficient (Wildman–Crippen LogP) is 4.13. The molecule has 0 saturated heterocycles. The van der Waals surface area contributed by atoms with Gasteiger partial charge in [0.15, 0.2) is 0 Å². The first-order chi connectivity index (χ1) is 9.66. The molecular formula is C17H16INO. The van der Waals surface area contributed by atoms with E-state index in [1.807, 2.05) is 41.3 Å². The first-order valence-corrected chi connectivity index (χ1v) is 7.89. The van der Waals surface area contributed by atoms with Crippen LogP contribution in [0.4, 0.5) is 5.69 Å². The molecule has 1 aliphatic heterocycles. The van der Waals surface area contributed by atoms with Crippen molar-refractivity contribution in [2.75, 3.05) is 11.4 Å². The minimum absolute atomic E-state index is 0.106. The number of fused-ring (bicyclic) bond motifs is 1. The lowest BCUT2D eigenvalue weighted by Crippen LogP contribution is -2.39. The van der Waals surface area contributed by atoms with Crippen LogP contribution >= 0.6 is 22.6 Å². The summed E-state index contributed by atoms with van der Waals surface area (Å²) in [6.07, 6.45) is 1.05. The zero-order chi connectivity index (χ0) is 14.1. The van der Waals surface area contributed by atoms with Gasteiger partial charge in [0.2, 0.25) is 0 Å². The second-order valence-corrected chi connectivity index (χ2v) is 6.50. The van der Waals surface area contributed by atoms with Crippen molar-refractivity contribution in [3.8, 4) is 0 Å². The first-order valence-electron chi connectivity index (χ1n) is 6.81. The fraction of sp³-hybridized carbons (Fsp3) is 0.235. The molecule has 0 radical (unpaired) electrons. The van der Waals surface area contributed by atoms with Gasteiger partial charge in [-0.3, -0.25) is 4.79 Å². The van der Waals surface area contributed by atoms with Crippen LogP contribution in [-0.2, 0) is 6.42 Å². The SMILES string of the molecule is CC1Cc2ccccc2N(C(=O)c2ccccc2I)C1. The molecule has 0 bridgehead atoms. The summed E-state index contributed by atoms with van der Waals surface area (Å²) >= 11 is 2.23. The summed E-state index contributed by atoms with van der Waals surface area (Å²) in [5.41, 5.74) is 3.12. The van der Waals surface area contributed by atoms with Crippen LogP contribution in [-0.4, -0.2) is 12.5 Å². The maximum absolute atomic E-state index is 12.8. The topological polar surface area (TPSA) is 20.3 Å². The molecule has 2 nitrogen and oxygen atoms in total. The predicted molar refractivity (Wildman–Crippen MR) is 90.1 cm³/mol. The van der Waals surface area contributed by atoms with E-state index in [0.717, 1.165) is 27.8 Å². The molecule has 1 aliphatic rings. The molecule has 3 rings (SSSR count). The second-order valence-electron chi connectivity index (χ2n) is 5.33. The summed E-state index contributed by atoms with van der Waals surface area (Å²) < 4.78 is 1.01. The number of carbonyl (C=O) groups is 1. The zero-order valence-electron chi connectivity index (χ0n) is 11.3. The van der Waals surface area contributed by atoms with E-state index < -0.39 is 0 Å². The molecule has 0 spiro atoms. The molecule has 2 aromatic rings. The maximum Gasteiger partial charge on any atom is 0.259 e. The van der Waals surface area contributed by atoms with Crippen molar-refractivity contribution in [2.24, 2.45) is 5.92 Å². The Morgan fingerprint density at radius 1 is 1.15 bits per heavy atom. The number of nitrogens with zero attached hydrogens (tertiary/aromatic N) is 1. The lowest BCUT2D eigenvalue weighted by Gasteiger charge is -2.33. The number of anilines is 1. The molecule has 0 aliphatic carbocycles. The number of rotatable bonds is 1. The molecule has 0 saturated carbocycles. The largest absolute Gasteiger partial charge is 0.308 e. The number of halogens is 1. The minimum Gasteiger partial charge on any atom is -0.308 e. The third kappa shape index (κ3) is 2.46. The molecule has 3 heteroatoms. The number of benzene rings is 2. The molecule has 1 amide bonds. The second kappa shape index (κ2) is 5.56. The van der Waals surface area contributed by atoms with Crippen molar-refractivity contribution in [3.63, 3.8) is 0 Å². The summed E-state index contributed by atoms with van der Waals surface area (Å²) in [6.45, 7) is 2.99. The highest BCUT2D eigenvalue weighted by Crippen LogP contribution is 2.31. The fourth-order valence-electron chi connectivity index (χ4n) is 2.77. The third-order valence-corrected chi connectivity index (χ3v) is 4.64. The molecule has 102 valence electrons. The zero-order valence-corrected chi connectivity index (χ0v) is 13.5. The third-order valence-electron chi connectivity index (χ3n) is 3.69. The molecule has 0 aromatic heterocycles. The van der Waals surface area contributed by atoms with Gasteiger partial charge in [-0.2, -0.15) is 0 Å².